The van der Waals surface area contributed by atoms with Gasteiger partial charge in [-0.05, 0) is 12.1 Å². The van der Waals surface area contributed by atoms with Crippen molar-refractivity contribution < 1.29 is 12.8 Å². The molecule has 1 aromatic carbocycles. The molecule has 0 radical (unpaired) electrons. The number of sulfonamides is 1. The molecule has 2 rings (SSSR count). The highest BCUT2D eigenvalue weighted by atomic mass is 35.5. The maximum Gasteiger partial charge on any atom is 0.248 e. The van der Waals surface area contributed by atoms with E-state index in [1.54, 1.807) is 7.05 Å². The average molecular weight is 333 g/mol. The van der Waals surface area contributed by atoms with Crippen LogP contribution in [0.3, 0.4) is 0 Å². The van der Waals surface area contributed by atoms with Crippen molar-refractivity contribution in [2.45, 2.75) is 11.4 Å². The van der Waals surface area contributed by atoms with E-state index in [2.05, 4.69) is 5.10 Å². The molecule has 114 valence electrons. The van der Waals surface area contributed by atoms with Gasteiger partial charge < -0.3 is 5.73 Å². The van der Waals surface area contributed by atoms with Crippen molar-refractivity contribution in [3.05, 3.63) is 40.8 Å². The number of aryl methyl sites for hydroxylation is 1. The molecule has 1 aromatic heterocycles. The van der Waals surface area contributed by atoms with Gasteiger partial charge in [0.05, 0.1) is 0 Å². The third kappa shape index (κ3) is 3.02. The molecular weight excluding hydrogens is 319 g/mol. The second-order valence-electron chi connectivity index (χ2n) is 4.51. The van der Waals surface area contributed by atoms with E-state index in [0.29, 0.717) is 0 Å². The van der Waals surface area contributed by atoms with Gasteiger partial charge in [0.1, 0.15) is 10.7 Å². The molecule has 21 heavy (non-hydrogen) atoms. The van der Waals surface area contributed by atoms with Gasteiger partial charge in [0.2, 0.25) is 10.0 Å². The van der Waals surface area contributed by atoms with Crippen molar-refractivity contribution in [1.82, 2.24) is 14.1 Å². The van der Waals surface area contributed by atoms with Crippen LogP contribution in [0.1, 0.15) is 5.56 Å². The van der Waals surface area contributed by atoms with Gasteiger partial charge in [-0.25, -0.2) is 12.8 Å². The smallest absolute Gasteiger partial charge is 0.248 e. The lowest BCUT2D eigenvalue weighted by atomic mass is 10.2. The average Bonchev–Trinajstić information content (AvgIpc) is 2.73. The van der Waals surface area contributed by atoms with Crippen LogP contribution in [0.5, 0.6) is 0 Å². The summed E-state index contributed by atoms with van der Waals surface area (Å²) in [6, 6.07) is 4.17. The number of hydrogen-bond donors (Lipinski definition) is 1. The zero-order chi connectivity index (χ0) is 15.8. The van der Waals surface area contributed by atoms with Gasteiger partial charge in [-0.1, -0.05) is 17.7 Å². The van der Waals surface area contributed by atoms with Crippen LogP contribution >= 0.6 is 11.6 Å². The Balaban J connectivity index is 2.36. The Kier molecular flexibility index (Phi) is 4.22. The predicted molar refractivity (Wildman–Crippen MR) is 77.7 cm³/mol. The standard InChI is InChI=1S/C12H14ClFN4O2S/c1-17-7-11(12(15)16-17)21(19,20)18(2)6-8-9(13)4-3-5-10(8)14/h3-5,7H,6H2,1-2H3,(H2,15,16). The predicted octanol–water partition coefficient (Wildman–Crippen LogP) is 1.62. The molecule has 0 amide bonds. The van der Waals surface area contributed by atoms with Crippen LogP contribution in [-0.4, -0.2) is 29.6 Å². The molecule has 2 aromatic rings. The number of nitrogen functional groups attached to an aromatic ring is 1. The maximum atomic E-state index is 13.7. The van der Waals surface area contributed by atoms with E-state index in [9.17, 15) is 12.8 Å². The fraction of sp³-hybridized carbons (Fsp3) is 0.250. The van der Waals surface area contributed by atoms with Crippen molar-refractivity contribution >= 4 is 27.4 Å². The molecular formula is C12H14ClFN4O2S. The lowest BCUT2D eigenvalue weighted by Crippen LogP contribution is -2.27. The van der Waals surface area contributed by atoms with E-state index in [0.717, 1.165) is 4.31 Å². The highest BCUT2D eigenvalue weighted by Crippen LogP contribution is 2.25. The Bertz CT molecular complexity index is 755. The molecule has 0 aliphatic carbocycles. The zero-order valence-corrected chi connectivity index (χ0v) is 13.0. The molecule has 0 aliphatic heterocycles. The van der Waals surface area contributed by atoms with Crippen LogP contribution in [-0.2, 0) is 23.6 Å². The third-order valence-electron chi connectivity index (χ3n) is 2.95. The number of anilines is 1. The summed E-state index contributed by atoms with van der Waals surface area (Å²) >= 11 is 5.90. The van der Waals surface area contributed by atoms with E-state index >= 15 is 0 Å². The van der Waals surface area contributed by atoms with Gasteiger partial charge >= 0.3 is 0 Å². The maximum absolute atomic E-state index is 13.7. The van der Waals surface area contributed by atoms with Crippen LogP contribution in [0.4, 0.5) is 10.2 Å². The largest absolute Gasteiger partial charge is 0.381 e. The Morgan fingerprint density at radius 1 is 1.48 bits per heavy atom. The second-order valence-corrected chi connectivity index (χ2v) is 6.93. The molecule has 0 aliphatic rings. The van der Waals surface area contributed by atoms with Crippen LogP contribution in [0, 0.1) is 5.82 Å². The minimum Gasteiger partial charge on any atom is -0.381 e. The summed E-state index contributed by atoms with van der Waals surface area (Å²) < 4.78 is 40.9. The number of rotatable bonds is 4. The first-order chi connectivity index (χ1) is 9.73. The molecule has 1 heterocycles. The molecule has 0 saturated carbocycles. The highest BCUT2D eigenvalue weighted by Gasteiger charge is 2.27. The lowest BCUT2D eigenvalue weighted by molar-refractivity contribution is 0.456. The third-order valence-corrected chi connectivity index (χ3v) is 5.13. The summed E-state index contributed by atoms with van der Waals surface area (Å²) in [4.78, 5) is -0.125. The minimum atomic E-state index is -3.88. The molecule has 9 heteroatoms. The Morgan fingerprint density at radius 3 is 2.67 bits per heavy atom. The van der Waals surface area contributed by atoms with Crippen LogP contribution in [0.15, 0.2) is 29.3 Å². The first kappa shape index (κ1) is 15.7. The molecule has 2 N–H and O–H groups in total. The van der Waals surface area contributed by atoms with Crippen molar-refractivity contribution in [3.63, 3.8) is 0 Å². The Hall–Kier alpha value is -1.64. The normalized spacial score (nSPS) is 12.0. The monoisotopic (exact) mass is 332 g/mol. The van der Waals surface area contributed by atoms with Crippen molar-refractivity contribution in [2.75, 3.05) is 12.8 Å². The number of halogens is 2. The summed E-state index contributed by atoms with van der Waals surface area (Å²) in [6.07, 6.45) is 1.30. The molecule has 0 bridgehead atoms. The highest BCUT2D eigenvalue weighted by molar-refractivity contribution is 7.89. The number of aromatic nitrogens is 2. The molecule has 0 saturated heterocycles. The molecule has 6 nitrogen and oxygen atoms in total. The number of nitrogens with zero attached hydrogens (tertiary/aromatic N) is 3. The molecule has 0 fully saturated rings. The van der Waals surface area contributed by atoms with Crippen LogP contribution in [0.2, 0.25) is 5.02 Å². The summed E-state index contributed by atoms with van der Waals surface area (Å²) in [5, 5.41) is 3.95. The van der Waals surface area contributed by atoms with Crippen molar-refractivity contribution in [3.8, 4) is 0 Å². The van der Waals surface area contributed by atoms with Crippen LogP contribution < -0.4 is 5.73 Å². The quantitative estimate of drug-likeness (QED) is 0.922. The van der Waals surface area contributed by atoms with E-state index < -0.39 is 15.8 Å². The van der Waals surface area contributed by atoms with Gasteiger partial charge in [-0.2, -0.15) is 9.40 Å². The van der Waals surface area contributed by atoms with Gasteiger partial charge in [0.15, 0.2) is 5.82 Å². The number of nitrogens with two attached hydrogens (primary N) is 1. The lowest BCUT2D eigenvalue weighted by Gasteiger charge is -2.17. The summed E-state index contributed by atoms with van der Waals surface area (Å²) in [5.74, 6) is -0.673. The van der Waals surface area contributed by atoms with Gasteiger partial charge in [-0.3, -0.25) is 4.68 Å². The van der Waals surface area contributed by atoms with Crippen molar-refractivity contribution in [2.24, 2.45) is 7.05 Å². The second kappa shape index (κ2) is 5.63. The summed E-state index contributed by atoms with van der Waals surface area (Å²) in [6.45, 7) is -0.206. The van der Waals surface area contributed by atoms with Crippen molar-refractivity contribution in [1.29, 1.82) is 0 Å². The Labute approximate surface area is 127 Å². The van der Waals surface area contributed by atoms with E-state index in [1.165, 1.54) is 36.1 Å². The van der Waals surface area contributed by atoms with E-state index in [4.69, 9.17) is 17.3 Å². The summed E-state index contributed by atoms with van der Waals surface area (Å²) in [7, 11) is -0.998. The summed E-state index contributed by atoms with van der Waals surface area (Å²) in [5.41, 5.74) is 5.68. The number of hydrogen-bond acceptors (Lipinski definition) is 4. The Morgan fingerprint density at radius 2 is 2.14 bits per heavy atom. The van der Waals surface area contributed by atoms with Gasteiger partial charge in [0, 0.05) is 37.4 Å². The first-order valence-corrected chi connectivity index (χ1v) is 7.73. The van der Waals surface area contributed by atoms with E-state index in [-0.39, 0.29) is 27.8 Å². The number of benzene rings is 1. The molecule has 0 spiro atoms. The fourth-order valence-corrected chi connectivity index (χ4v) is 3.29. The van der Waals surface area contributed by atoms with Crippen LogP contribution in [0.25, 0.3) is 0 Å². The van der Waals surface area contributed by atoms with Gasteiger partial charge in [-0.15, -0.1) is 0 Å². The van der Waals surface area contributed by atoms with Gasteiger partial charge in [0.25, 0.3) is 0 Å². The SMILES string of the molecule is CN(Cc1c(F)cccc1Cl)S(=O)(=O)c1cn(C)nc1N. The fourth-order valence-electron chi connectivity index (χ4n) is 1.84. The minimum absolute atomic E-state index is 0.104. The van der Waals surface area contributed by atoms with E-state index in [1.807, 2.05) is 0 Å². The zero-order valence-electron chi connectivity index (χ0n) is 11.4. The molecule has 0 atom stereocenters. The molecule has 0 unspecified atom stereocenters. The first-order valence-electron chi connectivity index (χ1n) is 5.92. The topological polar surface area (TPSA) is 81.2 Å².